The lowest BCUT2D eigenvalue weighted by molar-refractivity contribution is 0.761. The first-order chi connectivity index (χ1) is 12.7. The Kier molecular flexibility index (Phi) is 3.84. The summed E-state index contributed by atoms with van der Waals surface area (Å²) in [6.07, 6.45) is 7.91. The van der Waals surface area contributed by atoms with Gasteiger partial charge in [0.15, 0.2) is 0 Å². The van der Waals surface area contributed by atoms with Gasteiger partial charge in [0, 0.05) is 19.2 Å². The monoisotopic (exact) mass is 372 g/mol. The molecule has 1 atom stereocenters. The van der Waals surface area contributed by atoms with Crippen molar-refractivity contribution in [1.82, 2.24) is 0 Å². The first kappa shape index (κ1) is 16.0. The Hall–Kier alpha value is -2.16. The van der Waals surface area contributed by atoms with Gasteiger partial charge in [0.05, 0.1) is 0 Å². The summed E-state index contributed by atoms with van der Waals surface area (Å²) in [4.78, 5) is 2.79. The van der Waals surface area contributed by atoms with Crippen molar-refractivity contribution in [3.05, 3.63) is 77.2 Å². The molecule has 0 aliphatic heterocycles. The van der Waals surface area contributed by atoms with Crippen molar-refractivity contribution < 1.29 is 0 Å². The van der Waals surface area contributed by atoms with Crippen LogP contribution in [0, 0.1) is 12.8 Å². The van der Waals surface area contributed by atoms with E-state index in [9.17, 15) is 0 Å². The zero-order chi connectivity index (χ0) is 17.7. The molecular formula is C24H20S2. The summed E-state index contributed by atoms with van der Waals surface area (Å²) < 4.78 is 2.78. The fraction of sp³-hybridized carbons (Fsp3) is 0.167. The lowest BCUT2D eigenvalue weighted by atomic mass is 9.92. The highest BCUT2D eigenvalue weighted by atomic mass is 32.1. The van der Waals surface area contributed by atoms with Crippen LogP contribution in [0.5, 0.6) is 0 Å². The van der Waals surface area contributed by atoms with Gasteiger partial charge in [-0.3, -0.25) is 0 Å². The molecule has 0 amide bonds. The maximum absolute atomic E-state index is 2.38. The van der Waals surface area contributed by atoms with Crippen molar-refractivity contribution in [1.29, 1.82) is 0 Å². The summed E-state index contributed by atoms with van der Waals surface area (Å²) in [7, 11) is 0. The van der Waals surface area contributed by atoms with Gasteiger partial charge >= 0.3 is 0 Å². The van der Waals surface area contributed by atoms with Gasteiger partial charge in [-0.05, 0) is 71.0 Å². The van der Waals surface area contributed by atoms with Crippen LogP contribution in [0.2, 0.25) is 0 Å². The summed E-state index contributed by atoms with van der Waals surface area (Å²) in [5.74, 6) is 0.613. The number of fused-ring (bicyclic) bond motifs is 2. The van der Waals surface area contributed by atoms with E-state index >= 15 is 0 Å². The standard InChI is InChI=1S/C24H20S2/c1-15-7-3-5-9-19(15)23-12-17-11-18-13-24(20-10-6-4-8-16(20)2)26-22(18)14-21(17)25-23/h3-7,9-14,16H,8H2,1-2H3. The SMILES string of the molecule is Cc1ccccc1-c1cc2cc3cc(C4=CC=CCC4C)sc3cc2s1. The molecule has 0 nitrogen and oxygen atoms in total. The Bertz CT molecular complexity index is 1130. The number of benzene rings is 2. The summed E-state index contributed by atoms with van der Waals surface area (Å²) >= 11 is 3.84. The number of hydrogen-bond acceptors (Lipinski definition) is 2. The molecule has 5 rings (SSSR count). The van der Waals surface area contributed by atoms with E-state index < -0.39 is 0 Å². The number of thiophene rings is 2. The van der Waals surface area contributed by atoms with Gasteiger partial charge in [-0.2, -0.15) is 0 Å². The molecule has 2 aromatic carbocycles. The van der Waals surface area contributed by atoms with E-state index in [-0.39, 0.29) is 0 Å². The molecule has 0 spiro atoms. The molecule has 2 aromatic heterocycles. The van der Waals surface area contributed by atoms with Gasteiger partial charge in [-0.15, -0.1) is 22.7 Å². The van der Waals surface area contributed by atoms with Gasteiger partial charge in [0.1, 0.15) is 0 Å². The van der Waals surface area contributed by atoms with Crippen molar-refractivity contribution in [2.24, 2.45) is 5.92 Å². The number of hydrogen-bond donors (Lipinski definition) is 0. The molecule has 1 aliphatic rings. The van der Waals surface area contributed by atoms with Gasteiger partial charge in [-0.25, -0.2) is 0 Å². The smallest absolute Gasteiger partial charge is 0.0363 e. The highest BCUT2D eigenvalue weighted by Crippen LogP contribution is 2.41. The summed E-state index contributed by atoms with van der Waals surface area (Å²) in [5, 5.41) is 2.73. The normalized spacial score (nSPS) is 17.2. The zero-order valence-corrected chi connectivity index (χ0v) is 16.6. The van der Waals surface area contributed by atoms with E-state index in [0.717, 1.165) is 6.42 Å². The third-order valence-electron chi connectivity index (χ3n) is 5.28. The average molecular weight is 373 g/mol. The molecule has 4 aromatic rings. The number of allylic oxidation sites excluding steroid dienone is 4. The van der Waals surface area contributed by atoms with Crippen molar-refractivity contribution in [3.8, 4) is 10.4 Å². The Labute approximate surface area is 162 Å². The van der Waals surface area contributed by atoms with Crippen molar-refractivity contribution in [3.63, 3.8) is 0 Å². The number of aryl methyl sites for hydroxylation is 1. The van der Waals surface area contributed by atoms with Crippen LogP contribution in [0.25, 0.3) is 36.2 Å². The van der Waals surface area contributed by atoms with Crippen molar-refractivity contribution >= 4 is 48.4 Å². The molecule has 0 saturated carbocycles. The molecule has 128 valence electrons. The lowest BCUT2D eigenvalue weighted by Crippen LogP contribution is -1.98. The second kappa shape index (κ2) is 6.22. The third-order valence-corrected chi connectivity index (χ3v) is 7.56. The first-order valence-corrected chi connectivity index (χ1v) is 10.7. The Morgan fingerprint density at radius 2 is 1.62 bits per heavy atom. The molecule has 1 unspecified atom stereocenters. The van der Waals surface area contributed by atoms with Gasteiger partial charge in [0.2, 0.25) is 0 Å². The Balaban J connectivity index is 1.62. The molecular weight excluding hydrogens is 352 g/mol. The summed E-state index contributed by atoms with van der Waals surface area (Å²) in [5.41, 5.74) is 4.18. The van der Waals surface area contributed by atoms with Crippen LogP contribution in [0.15, 0.2) is 66.8 Å². The lowest BCUT2D eigenvalue weighted by Gasteiger charge is -2.15. The Morgan fingerprint density at radius 1 is 0.885 bits per heavy atom. The molecule has 0 fully saturated rings. The summed E-state index contributed by atoms with van der Waals surface area (Å²) in [6.45, 7) is 4.52. The summed E-state index contributed by atoms with van der Waals surface area (Å²) in [6, 6.07) is 18.1. The van der Waals surface area contributed by atoms with Crippen LogP contribution < -0.4 is 0 Å². The van der Waals surface area contributed by atoms with E-state index in [4.69, 9.17) is 0 Å². The van der Waals surface area contributed by atoms with Crippen molar-refractivity contribution in [2.45, 2.75) is 20.3 Å². The maximum Gasteiger partial charge on any atom is 0.0363 e. The van der Waals surface area contributed by atoms with Crippen LogP contribution in [0.3, 0.4) is 0 Å². The van der Waals surface area contributed by atoms with E-state index in [0.29, 0.717) is 5.92 Å². The first-order valence-electron chi connectivity index (χ1n) is 9.09. The fourth-order valence-electron chi connectivity index (χ4n) is 3.77. The van der Waals surface area contributed by atoms with Crippen LogP contribution in [-0.2, 0) is 0 Å². The highest BCUT2D eigenvalue weighted by Gasteiger charge is 2.15. The topological polar surface area (TPSA) is 0 Å². The van der Waals surface area contributed by atoms with Gasteiger partial charge < -0.3 is 0 Å². The molecule has 26 heavy (non-hydrogen) atoms. The molecule has 1 aliphatic carbocycles. The second-order valence-corrected chi connectivity index (χ2v) is 9.32. The minimum Gasteiger partial charge on any atom is -0.135 e. The van der Waals surface area contributed by atoms with E-state index in [1.54, 1.807) is 0 Å². The zero-order valence-electron chi connectivity index (χ0n) is 15.0. The fourth-order valence-corrected chi connectivity index (χ4v) is 6.24. The van der Waals surface area contributed by atoms with Crippen LogP contribution >= 0.6 is 22.7 Å². The molecule has 0 radical (unpaired) electrons. The van der Waals surface area contributed by atoms with E-state index in [1.165, 1.54) is 46.6 Å². The molecule has 0 N–H and O–H groups in total. The minimum absolute atomic E-state index is 0.613. The van der Waals surface area contributed by atoms with Crippen LogP contribution in [0.4, 0.5) is 0 Å². The minimum atomic E-state index is 0.613. The highest BCUT2D eigenvalue weighted by molar-refractivity contribution is 7.23. The van der Waals surface area contributed by atoms with Gasteiger partial charge in [0.25, 0.3) is 0 Å². The van der Waals surface area contributed by atoms with Crippen LogP contribution in [-0.4, -0.2) is 0 Å². The largest absolute Gasteiger partial charge is 0.135 e. The second-order valence-electron chi connectivity index (χ2n) is 7.15. The predicted octanol–water partition coefficient (Wildman–Crippen LogP) is 8.07. The molecule has 0 bridgehead atoms. The average Bonchev–Trinajstić information content (AvgIpc) is 3.23. The van der Waals surface area contributed by atoms with E-state index in [1.807, 2.05) is 22.7 Å². The Morgan fingerprint density at radius 3 is 2.38 bits per heavy atom. The van der Waals surface area contributed by atoms with Gasteiger partial charge in [-0.1, -0.05) is 49.4 Å². The molecule has 0 saturated heterocycles. The molecule has 2 heterocycles. The maximum atomic E-state index is 2.38. The molecule has 2 heteroatoms. The van der Waals surface area contributed by atoms with Crippen molar-refractivity contribution in [2.75, 3.05) is 0 Å². The van der Waals surface area contributed by atoms with Crippen LogP contribution in [0.1, 0.15) is 23.8 Å². The number of rotatable bonds is 2. The third kappa shape index (κ3) is 2.65. The van der Waals surface area contributed by atoms with E-state index in [2.05, 4.69) is 80.6 Å². The predicted molar refractivity (Wildman–Crippen MR) is 118 cm³/mol. The quantitative estimate of drug-likeness (QED) is 0.334.